The Hall–Kier alpha value is -1.92. The van der Waals surface area contributed by atoms with E-state index in [2.05, 4.69) is 5.32 Å². The van der Waals surface area contributed by atoms with Gasteiger partial charge in [0, 0.05) is 18.2 Å². The highest BCUT2D eigenvalue weighted by Gasteiger charge is 2.39. The van der Waals surface area contributed by atoms with Crippen LogP contribution in [0.25, 0.3) is 0 Å². The fraction of sp³-hybridized carbons (Fsp3) is 0.500. The number of benzene rings is 1. The molecule has 0 aromatic heterocycles. The monoisotopic (exact) mass is 299 g/mol. The number of nitrogens with zero attached hydrogens (tertiary/aromatic N) is 1. The number of anilines is 3. The lowest BCUT2D eigenvalue weighted by molar-refractivity contribution is -0.120. The fourth-order valence-corrected chi connectivity index (χ4v) is 2.67. The summed E-state index contributed by atoms with van der Waals surface area (Å²) in [6.45, 7) is -0.993. The molecule has 0 saturated heterocycles. The average Bonchev–Trinajstić information content (AvgIpc) is 3.18. The van der Waals surface area contributed by atoms with Gasteiger partial charge in [-0.15, -0.1) is 0 Å². The van der Waals surface area contributed by atoms with Crippen LogP contribution in [0.3, 0.4) is 0 Å². The molecule has 0 unspecified atom stereocenters. The summed E-state index contributed by atoms with van der Waals surface area (Å²) in [6.07, 6.45) is -1.89. The molecule has 1 aromatic carbocycles. The largest absolute Gasteiger partial charge is 0.405 e. The number of carbonyl (C=O) groups excluding carboxylic acids is 1. The van der Waals surface area contributed by atoms with Crippen LogP contribution >= 0.6 is 0 Å². The smallest absolute Gasteiger partial charge is 0.397 e. The second-order valence-electron chi connectivity index (χ2n) is 5.59. The Morgan fingerprint density at radius 1 is 1.29 bits per heavy atom. The van der Waals surface area contributed by atoms with E-state index in [-0.39, 0.29) is 17.6 Å². The van der Waals surface area contributed by atoms with E-state index in [1.165, 1.54) is 4.90 Å². The standard InChI is InChI=1S/C14H16F3N3O/c15-14(16,17)7-20(9-2-3-9)12-5-8-1-4-13(21)19-11(8)6-10(12)18/h5-6,9H,1-4,7,18H2,(H,19,21). The van der Waals surface area contributed by atoms with Crippen molar-refractivity contribution < 1.29 is 18.0 Å². The van der Waals surface area contributed by atoms with Gasteiger partial charge in [0.15, 0.2) is 0 Å². The molecule has 1 aliphatic heterocycles. The lowest BCUT2D eigenvalue weighted by Crippen LogP contribution is -2.36. The molecule has 0 atom stereocenters. The molecule has 1 fully saturated rings. The van der Waals surface area contributed by atoms with Gasteiger partial charge in [-0.05, 0) is 37.0 Å². The van der Waals surface area contributed by atoms with Crippen LogP contribution in [0.1, 0.15) is 24.8 Å². The summed E-state index contributed by atoms with van der Waals surface area (Å²) in [5, 5.41) is 2.70. The first-order valence-corrected chi connectivity index (χ1v) is 6.89. The first-order valence-electron chi connectivity index (χ1n) is 6.89. The van der Waals surface area contributed by atoms with Gasteiger partial charge in [-0.25, -0.2) is 0 Å². The molecular formula is C14H16F3N3O. The minimum Gasteiger partial charge on any atom is -0.397 e. The van der Waals surface area contributed by atoms with E-state index in [1.807, 2.05) is 0 Å². The summed E-state index contributed by atoms with van der Waals surface area (Å²) in [5.74, 6) is -0.0935. The fourth-order valence-electron chi connectivity index (χ4n) is 2.67. The Labute approximate surface area is 120 Å². The van der Waals surface area contributed by atoms with Crippen LogP contribution in [0.2, 0.25) is 0 Å². The van der Waals surface area contributed by atoms with Crippen molar-refractivity contribution in [2.75, 3.05) is 22.5 Å². The maximum absolute atomic E-state index is 12.8. The molecule has 1 saturated carbocycles. The van der Waals surface area contributed by atoms with Gasteiger partial charge < -0.3 is 16.0 Å². The highest BCUT2D eigenvalue weighted by atomic mass is 19.4. The van der Waals surface area contributed by atoms with Crippen LogP contribution in [0.4, 0.5) is 30.2 Å². The number of fused-ring (bicyclic) bond motifs is 1. The molecule has 1 amide bonds. The van der Waals surface area contributed by atoms with Gasteiger partial charge in [0.1, 0.15) is 6.54 Å². The minimum atomic E-state index is -4.26. The molecule has 0 radical (unpaired) electrons. The predicted molar refractivity (Wildman–Crippen MR) is 74.2 cm³/mol. The van der Waals surface area contributed by atoms with E-state index in [0.717, 1.165) is 18.4 Å². The van der Waals surface area contributed by atoms with Crippen LogP contribution in [0.15, 0.2) is 12.1 Å². The Bertz CT molecular complexity index is 582. The number of aryl methyl sites for hydroxylation is 1. The summed E-state index contributed by atoms with van der Waals surface area (Å²) < 4.78 is 38.3. The van der Waals surface area contributed by atoms with Crippen LogP contribution in [0, 0.1) is 0 Å². The number of hydrogen-bond donors (Lipinski definition) is 2. The number of nitrogens with two attached hydrogens (primary N) is 1. The maximum atomic E-state index is 12.8. The first-order chi connectivity index (χ1) is 9.83. The second kappa shape index (κ2) is 4.82. The number of alkyl halides is 3. The van der Waals surface area contributed by atoms with E-state index in [0.29, 0.717) is 24.2 Å². The van der Waals surface area contributed by atoms with Gasteiger partial charge in [-0.1, -0.05) is 0 Å². The molecular weight excluding hydrogens is 283 g/mol. The van der Waals surface area contributed by atoms with Gasteiger partial charge >= 0.3 is 6.18 Å². The zero-order valence-electron chi connectivity index (χ0n) is 11.3. The van der Waals surface area contributed by atoms with Crippen molar-refractivity contribution >= 4 is 23.0 Å². The van der Waals surface area contributed by atoms with Crippen LogP contribution in [-0.4, -0.2) is 24.7 Å². The Balaban J connectivity index is 1.94. The summed E-state index contributed by atoms with van der Waals surface area (Å²) in [4.78, 5) is 12.7. The molecule has 114 valence electrons. The van der Waals surface area contributed by atoms with E-state index >= 15 is 0 Å². The SMILES string of the molecule is Nc1cc2c(cc1N(CC(F)(F)F)C1CC1)CCC(=O)N2. The molecule has 1 aromatic rings. The molecule has 1 heterocycles. The molecule has 3 N–H and O–H groups in total. The van der Waals surface area contributed by atoms with E-state index in [9.17, 15) is 18.0 Å². The number of hydrogen-bond acceptors (Lipinski definition) is 3. The van der Waals surface area contributed by atoms with Crippen molar-refractivity contribution in [1.29, 1.82) is 0 Å². The number of amides is 1. The minimum absolute atomic E-state index is 0.0924. The number of carbonyl (C=O) groups is 1. The van der Waals surface area contributed by atoms with E-state index in [4.69, 9.17) is 5.73 Å². The second-order valence-corrected chi connectivity index (χ2v) is 5.59. The third kappa shape index (κ3) is 3.06. The maximum Gasteiger partial charge on any atom is 0.405 e. The summed E-state index contributed by atoms with van der Waals surface area (Å²) >= 11 is 0. The zero-order chi connectivity index (χ0) is 15.2. The third-order valence-electron chi connectivity index (χ3n) is 3.79. The van der Waals surface area contributed by atoms with E-state index < -0.39 is 12.7 Å². The Kier molecular flexibility index (Phi) is 3.22. The predicted octanol–water partition coefficient (Wildman–Crippen LogP) is 2.68. The first kappa shape index (κ1) is 14.0. The van der Waals surface area contributed by atoms with Crippen LogP contribution in [-0.2, 0) is 11.2 Å². The molecule has 3 rings (SSSR count). The quantitative estimate of drug-likeness (QED) is 0.844. The van der Waals surface area contributed by atoms with Crippen molar-refractivity contribution in [3.05, 3.63) is 17.7 Å². The molecule has 7 heteroatoms. The number of nitrogen functional groups attached to an aromatic ring is 1. The van der Waals surface area contributed by atoms with Gasteiger partial charge in [0.25, 0.3) is 0 Å². The zero-order valence-corrected chi connectivity index (χ0v) is 11.3. The molecule has 1 aliphatic carbocycles. The van der Waals surface area contributed by atoms with Crippen molar-refractivity contribution in [2.24, 2.45) is 0 Å². The van der Waals surface area contributed by atoms with Crippen molar-refractivity contribution in [2.45, 2.75) is 37.9 Å². The van der Waals surface area contributed by atoms with Crippen molar-refractivity contribution in [1.82, 2.24) is 0 Å². The van der Waals surface area contributed by atoms with Crippen molar-refractivity contribution in [3.8, 4) is 0 Å². The summed E-state index contributed by atoms with van der Waals surface area (Å²) in [7, 11) is 0. The van der Waals surface area contributed by atoms with Gasteiger partial charge in [0.05, 0.1) is 11.4 Å². The van der Waals surface area contributed by atoms with Crippen molar-refractivity contribution in [3.63, 3.8) is 0 Å². The molecule has 2 aliphatic rings. The molecule has 0 bridgehead atoms. The number of rotatable bonds is 3. The highest BCUT2D eigenvalue weighted by Crippen LogP contribution is 2.40. The normalized spacial score (nSPS) is 18.1. The number of halogens is 3. The van der Waals surface area contributed by atoms with Crippen LogP contribution in [0.5, 0.6) is 0 Å². The Morgan fingerprint density at radius 3 is 2.62 bits per heavy atom. The summed E-state index contributed by atoms with van der Waals surface area (Å²) in [5.41, 5.74) is 8.05. The lowest BCUT2D eigenvalue weighted by Gasteiger charge is -2.29. The van der Waals surface area contributed by atoms with Gasteiger partial charge in [-0.2, -0.15) is 13.2 Å². The lowest BCUT2D eigenvalue weighted by atomic mass is 10.0. The molecule has 4 nitrogen and oxygen atoms in total. The molecule has 21 heavy (non-hydrogen) atoms. The van der Waals surface area contributed by atoms with Gasteiger partial charge in [0.2, 0.25) is 5.91 Å². The topological polar surface area (TPSA) is 58.4 Å². The van der Waals surface area contributed by atoms with Crippen LogP contribution < -0.4 is 16.0 Å². The number of nitrogens with one attached hydrogen (secondary N) is 1. The average molecular weight is 299 g/mol. The van der Waals surface area contributed by atoms with E-state index in [1.54, 1.807) is 12.1 Å². The third-order valence-corrected chi connectivity index (χ3v) is 3.79. The van der Waals surface area contributed by atoms with Gasteiger partial charge in [-0.3, -0.25) is 4.79 Å². The highest BCUT2D eigenvalue weighted by molar-refractivity contribution is 5.95. The Morgan fingerprint density at radius 2 is 2.00 bits per heavy atom. The summed E-state index contributed by atoms with van der Waals surface area (Å²) in [6, 6.07) is 3.16. The molecule has 0 spiro atoms.